The fourth-order valence-electron chi connectivity index (χ4n) is 5.72. The monoisotopic (exact) mass is 545 g/mol. The van der Waals surface area contributed by atoms with Crippen LogP contribution in [0.5, 0.6) is 5.75 Å². The van der Waals surface area contributed by atoms with Gasteiger partial charge in [0.1, 0.15) is 11.6 Å². The van der Waals surface area contributed by atoms with Gasteiger partial charge in [-0.05, 0) is 49.7 Å². The molecule has 0 bridgehead atoms. The van der Waals surface area contributed by atoms with E-state index in [1.807, 2.05) is 0 Å². The van der Waals surface area contributed by atoms with Crippen LogP contribution in [0.1, 0.15) is 37.7 Å². The van der Waals surface area contributed by atoms with Crippen LogP contribution in [0.15, 0.2) is 30.6 Å². The number of ether oxygens (including phenoxy) is 1. The van der Waals surface area contributed by atoms with Gasteiger partial charge in [-0.15, -0.1) is 0 Å². The second-order valence-corrected chi connectivity index (χ2v) is 11.4. The molecule has 3 fully saturated rings. The minimum absolute atomic E-state index is 0.0380. The summed E-state index contributed by atoms with van der Waals surface area (Å²) in [5.74, 6) is 1.88. The number of likely N-dealkylation sites (tertiary alicyclic amines) is 2. The first-order valence-corrected chi connectivity index (χ1v) is 14.1. The number of carbonyl (C=O) groups excluding carboxylic acids is 1. The summed E-state index contributed by atoms with van der Waals surface area (Å²) in [5.41, 5.74) is 0.407. The molecule has 38 heavy (non-hydrogen) atoms. The number of piperidine rings is 1. The molecular formula is C28H37ClFN5O3. The molecule has 0 radical (unpaired) electrons. The second kappa shape index (κ2) is 12.6. The summed E-state index contributed by atoms with van der Waals surface area (Å²) in [6.45, 7) is 6.39. The third kappa shape index (κ3) is 7.12. The van der Waals surface area contributed by atoms with Crippen LogP contribution in [0.25, 0.3) is 0 Å². The number of anilines is 1. The van der Waals surface area contributed by atoms with Crippen LogP contribution in [0.2, 0.25) is 5.02 Å². The molecule has 1 amide bonds. The maximum atomic E-state index is 14.7. The van der Waals surface area contributed by atoms with E-state index < -0.39 is 5.82 Å². The zero-order valence-corrected chi connectivity index (χ0v) is 22.5. The fourth-order valence-corrected chi connectivity index (χ4v) is 5.82. The third-order valence-electron chi connectivity index (χ3n) is 7.97. The Kier molecular flexibility index (Phi) is 8.97. The molecule has 1 aromatic heterocycles. The Labute approximate surface area is 228 Å². The quantitative estimate of drug-likeness (QED) is 0.458. The number of aliphatic hydroxyl groups excluding tert-OH is 1. The van der Waals surface area contributed by atoms with E-state index >= 15 is 0 Å². The first-order valence-electron chi connectivity index (χ1n) is 13.7. The molecule has 2 aromatic rings. The van der Waals surface area contributed by atoms with E-state index in [4.69, 9.17) is 16.3 Å². The number of hydrogen-bond donors (Lipinski definition) is 1. The van der Waals surface area contributed by atoms with Crippen molar-refractivity contribution in [3.8, 4) is 5.75 Å². The van der Waals surface area contributed by atoms with Crippen molar-refractivity contribution < 1.29 is 19.0 Å². The van der Waals surface area contributed by atoms with Gasteiger partial charge in [0.2, 0.25) is 11.9 Å². The molecule has 10 heteroatoms. The number of aliphatic hydroxyl groups is 1. The highest BCUT2D eigenvalue weighted by Crippen LogP contribution is 2.26. The highest BCUT2D eigenvalue weighted by atomic mass is 35.5. The van der Waals surface area contributed by atoms with E-state index in [-0.39, 0.29) is 18.4 Å². The molecule has 1 atom stereocenters. The molecule has 0 unspecified atom stereocenters. The van der Waals surface area contributed by atoms with Crippen molar-refractivity contribution in [3.05, 3.63) is 47.0 Å². The van der Waals surface area contributed by atoms with E-state index in [0.717, 1.165) is 70.8 Å². The summed E-state index contributed by atoms with van der Waals surface area (Å²) in [7, 11) is 0. The Bertz CT molecular complexity index is 1080. The number of β-amino-alcohol motifs (C(OH)–C–C–N with tert-alkyl or cyclic N) is 1. The first kappa shape index (κ1) is 27.1. The Morgan fingerprint density at radius 3 is 2.53 bits per heavy atom. The SMILES string of the molecule is O=C(Cc1ccc(OCCCC2CCN(c3ncc(Cl)cn3)CC2)cc1F)N1CC(CN2CC[C@H](O)C2)C1. The topological polar surface area (TPSA) is 82.0 Å². The Morgan fingerprint density at radius 1 is 1.08 bits per heavy atom. The van der Waals surface area contributed by atoms with Gasteiger partial charge in [0.15, 0.2) is 0 Å². The predicted molar refractivity (Wildman–Crippen MR) is 144 cm³/mol. The van der Waals surface area contributed by atoms with Gasteiger partial charge in [-0.25, -0.2) is 14.4 Å². The number of benzene rings is 1. The van der Waals surface area contributed by atoms with E-state index in [1.165, 1.54) is 6.07 Å². The molecule has 0 aliphatic carbocycles. The molecule has 1 N–H and O–H groups in total. The van der Waals surface area contributed by atoms with E-state index in [9.17, 15) is 14.3 Å². The predicted octanol–water partition coefficient (Wildman–Crippen LogP) is 3.41. The normalized spacial score (nSPS) is 21.1. The average molecular weight is 546 g/mol. The van der Waals surface area contributed by atoms with Crippen molar-refractivity contribution in [3.63, 3.8) is 0 Å². The van der Waals surface area contributed by atoms with Gasteiger partial charge in [-0.2, -0.15) is 0 Å². The number of amides is 1. The number of hydrogen-bond acceptors (Lipinski definition) is 7. The highest BCUT2D eigenvalue weighted by Gasteiger charge is 2.33. The molecule has 3 saturated heterocycles. The van der Waals surface area contributed by atoms with E-state index in [1.54, 1.807) is 29.4 Å². The van der Waals surface area contributed by atoms with Crippen molar-refractivity contribution in [1.29, 1.82) is 0 Å². The molecule has 0 saturated carbocycles. The minimum atomic E-state index is -0.393. The molecule has 0 spiro atoms. The van der Waals surface area contributed by atoms with Crippen LogP contribution < -0.4 is 9.64 Å². The lowest BCUT2D eigenvalue weighted by Gasteiger charge is -2.41. The second-order valence-electron chi connectivity index (χ2n) is 10.9. The number of halogens is 2. The van der Waals surface area contributed by atoms with Crippen LogP contribution in [0.4, 0.5) is 10.3 Å². The van der Waals surface area contributed by atoms with Crippen molar-refractivity contribution in [2.45, 2.75) is 44.6 Å². The maximum absolute atomic E-state index is 14.7. The highest BCUT2D eigenvalue weighted by molar-refractivity contribution is 6.30. The number of nitrogens with zero attached hydrogens (tertiary/aromatic N) is 5. The first-order chi connectivity index (χ1) is 18.4. The summed E-state index contributed by atoms with van der Waals surface area (Å²) in [5, 5.41) is 10.2. The Balaban J connectivity index is 0.972. The van der Waals surface area contributed by atoms with Crippen LogP contribution in [-0.2, 0) is 11.2 Å². The van der Waals surface area contributed by atoms with Gasteiger partial charge >= 0.3 is 0 Å². The molecule has 3 aliphatic heterocycles. The molecule has 8 nitrogen and oxygen atoms in total. The van der Waals surface area contributed by atoms with Crippen LogP contribution >= 0.6 is 11.6 Å². The Hall–Kier alpha value is -2.49. The molecule has 206 valence electrons. The lowest BCUT2D eigenvalue weighted by molar-refractivity contribution is -0.137. The molecular weight excluding hydrogens is 509 g/mol. The fraction of sp³-hybridized carbons (Fsp3) is 0.607. The van der Waals surface area contributed by atoms with E-state index in [2.05, 4.69) is 19.8 Å². The summed E-state index contributed by atoms with van der Waals surface area (Å²) in [6.07, 6.45) is 8.10. The average Bonchev–Trinajstić information content (AvgIpc) is 3.31. The smallest absolute Gasteiger partial charge is 0.227 e. The minimum Gasteiger partial charge on any atom is -0.493 e. The number of rotatable bonds is 10. The molecule has 3 aliphatic rings. The zero-order chi connectivity index (χ0) is 26.5. The van der Waals surface area contributed by atoms with Gasteiger partial charge in [-0.1, -0.05) is 17.7 Å². The van der Waals surface area contributed by atoms with Gasteiger partial charge in [-0.3, -0.25) is 4.79 Å². The standard InChI is InChI=1S/C28H37ClFN5O3/c29-23-14-31-28(32-15-23)34-9-5-20(6-10-34)2-1-11-38-25-4-3-22(26(30)13-25)12-27(37)35-17-21(18-35)16-33-8-7-24(36)19-33/h3-4,13-15,20-21,24,36H,1-2,5-12,16-19H2/t24-/m0/s1. The van der Waals surface area contributed by atoms with Gasteiger partial charge < -0.3 is 24.5 Å². The van der Waals surface area contributed by atoms with Gasteiger partial charge in [0.25, 0.3) is 0 Å². The third-order valence-corrected chi connectivity index (χ3v) is 8.16. The van der Waals surface area contributed by atoms with Crippen LogP contribution in [-0.4, -0.2) is 89.3 Å². The summed E-state index contributed by atoms with van der Waals surface area (Å²) in [6, 6.07) is 4.82. The molecule has 5 rings (SSSR count). The zero-order valence-electron chi connectivity index (χ0n) is 21.8. The van der Waals surface area contributed by atoms with Crippen molar-refractivity contribution in [2.24, 2.45) is 11.8 Å². The maximum Gasteiger partial charge on any atom is 0.227 e. The summed E-state index contributed by atoms with van der Waals surface area (Å²) >= 11 is 5.88. The molecule has 4 heterocycles. The van der Waals surface area contributed by atoms with Gasteiger partial charge in [0, 0.05) is 57.8 Å². The van der Waals surface area contributed by atoms with Crippen LogP contribution in [0.3, 0.4) is 0 Å². The van der Waals surface area contributed by atoms with Crippen LogP contribution in [0, 0.1) is 17.7 Å². The molecule has 1 aromatic carbocycles. The summed E-state index contributed by atoms with van der Waals surface area (Å²) < 4.78 is 20.5. The largest absolute Gasteiger partial charge is 0.493 e. The van der Waals surface area contributed by atoms with Crippen molar-refractivity contribution in [2.75, 3.05) is 57.3 Å². The number of carbonyl (C=O) groups is 1. The summed E-state index contributed by atoms with van der Waals surface area (Å²) in [4.78, 5) is 27.5. The van der Waals surface area contributed by atoms with Crippen molar-refractivity contribution in [1.82, 2.24) is 19.8 Å². The Morgan fingerprint density at radius 2 is 1.84 bits per heavy atom. The van der Waals surface area contributed by atoms with Gasteiger partial charge in [0.05, 0.1) is 36.5 Å². The van der Waals surface area contributed by atoms with Crippen molar-refractivity contribution >= 4 is 23.5 Å². The lowest BCUT2D eigenvalue weighted by Crippen LogP contribution is -2.54. The number of aromatic nitrogens is 2. The van der Waals surface area contributed by atoms with E-state index in [0.29, 0.717) is 47.9 Å². The lowest BCUT2D eigenvalue weighted by atomic mass is 9.92.